The molecule has 0 atom stereocenters. The number of fused-ring (bicyclic) bond motifs is 1. The number of methoxy groups -OCH3 is 1. The summed E-state index contributed by atoms with van der Waals surface area (Å²) in [7, 11) is 1.59. The molecule has 1 aliphatic rings. The van der Waals surface area contributed by atoms with Crippen molar-refractivity contribution in [2.75, 3.05) is 12.4 Å². The number of nitrogens with zero attached hydrogens (tertiary/aromatic N) is 2. The van der Waals surface area contributed by atoms with Gasteiger partial charge in [0.1, 0.15) is 17.3 Å². The average molecular weight is 395 g/mol. The molecular formula is C21H19ClN4O2. The van der Waals surface area contributed by atoms with Crippen LogP contribution in [0.4, 0.5) is 11.5 Å². The molecule has 6 nitrogen and oxygen atoms in total. The third-order valence-electron chi connectivity index (χ3n) is 4.69. The SMILES string of the molecule is COc1ccccc1Nc1cc(C(=O)NC2Cc3ccccc3C2)nc(Cl)n1. The van der Waals surface area contributed by atoms with Gasteiger partial charge in [-0.05, 0) is 47.7 Å². The van der Waals surface area contributed by atoms with Gasteiger partial charge in [0.25, 0.3) is 5.91 Å². The van der Waals surface area contributed by atoms with Gasteiger partial charge in [0.2, 0.25) is 5.28 Å². The average Bonchev–Trinajstić information content (AvgIpc) is 3.10. The second-order valence-corrected chi connectivity index (χ2v) is 6.92. The van der Waals surface area contributed by atoms with E-state index in [1.807, 2.05) is 36.4 Å². The number of ether oxygens (including phenoxy) is 1. The molecule has 28 heavy (non-hydrogen) atoms. The first-order chi connectivity index (χ1) is 13.6. The topological polar surface area (TPSA) is 76.1 Å². The van der Waals surface area contributed by atoms with Gasteiger partial charge in [0, 0.05) is 12.1 Å². The van der Waals surface area contributed by atoms with E-state index >= 15 is 0 Å². The molecule has 1 amide bonds. The first kappa shape index (κ1) is 18.3. The quantitative estimate of drug-likeness (QED) is 0.644. The van der Waals surface area contributed by atoms with E-state index in [1.54, 1.807) is 13.2 Å². The lowest BCUT2D eigenvalue weighted by atomic mass is 10.1. The van der Waals surface area contributed by atoms with E-state index in [0.29, 0.717) is 11.6 Å². The maximum absolute atomic E-state index is 12.7. The standard InChI is InChI=1S/C21H19ClN4O2/c1-28-18-9-5-4-8-16(18)24-19-12-17(25-21(22)26-19)20(27)23-15-10-13-6-2-3-7-14(13)11-15/h2-9,12,15H,10-11H2,1H3,(H,23,27)(H,24,25,26). The van der Waals surface area contributed by atoms with Crippen molar-refractivity contribution in [2.45, 2.75) is 18.9 Å². The summed E-state index contributed by atoms with van der Waals surface area (Å²) in [6, 6.07) is 17.3. The number of nitrogens with one attached hydrogen (secondary N) is 2. The van der Waals surface area contributed by atoms with Crippen molar-refractivity contribution in [2.24, 2.45) is 0 Å². The van der Waals surface area contributed by atoms with E-state index in [2.05, 4.69) is 32.7 Å². The second kappa shape index (κ2) is 7.86. The predicted octanol–water partition coefficient (Wildman–Crippen LogP) is 3.78. The predicted molar refractivity (Wildman–Crippen MR) is 108 cm³/mol. The number of carbonyl (C=O) groups excluding carboxylic acids is 1. The first-order valence-electron chi connectivity index (χ1n) is 8.94. The second-order valence-electron chi connectivity index (χ2n) is 6.58. The zero-order valence-electron chi connectivity index (χ0n) is 15.3. The first-order valence-corrected chi connectivity index (χ1v) is 9.32. The number of anilines is 2. The summed E-state index contributed by atoms with van der Waals surface area (Å²) in [4.78, 5) is 21.0. The van der Waals surface area contributed by atoms with E-state index in [0.717, 1.165) is 18.5 Å². The normalized spacial score (nSPS) is 13.1. The molecule has 0 fully saturated rings. The van der Waals surface area contributed by atoms with Crippen LogP contribution in [0.25, 0.3) is 0 Å². The minimum atomic E-state index is -0.273. The number of hydrogen-bond acceptors (Lipinski definition) is 5. The van der Waals surface area contributed by atoms with Crippen LogP contribution in [0, 0.1) is 0 Å². The van der Waals surface area contributed by atoms with Gasteiger partial charge in [-0.15, -0.1) is 0 Å². The van der Waals surface area contributed by atoms with E-state index in [1.165, 1.54) is 11.1 Å². The summed E-state index contributed by atoms with van der Waals surface area (Å²) >= 11 is 6.05. The molecule has 1 heterocycles. The van der Waals surface area contributed by atoms with Crippen LogP contribution in [0.1, 0.15) is 21.6 Å². The third kappa shape index (κ3) is 3.92. The Morgan fingerprint density at radius 2 is 1.75 bits per heavy atom. The smallest absolute Gasteiger partial charge is 0.270 e. The lowest BCUT2D eigenvalue weighted by Gasteiger charge is -2.13. The molecule has 0 radical (unpaired) electrons. The molecule has 7 heteroatoms. The number of rotatable bonds is 5. The number of halogens is 1. The van der Waals surface area contributed by atoms with E-state index in [4.69, 9.17) is 16.3 Å². The van der Waals surface area contributed by atoms with Gasteiger partial charge < -0.3 is 15.4 Å². The van der Waals surface area contributed by atoms with Crippen LogP contribution in [0.15, 0.2) is 54.6 Å². The Labute approximate surface area is 167 Å². The molecule has 0 bridgehead atoms. The van der Waals surface area contributed by atoms with Crippen molar-refractivity contribution < 1.29 is 9.53 Å². The van der Waals surface area contributed by atoms with Crippen LogP contribution in [0.2, 0.25) is 5.28 Å². The molecule has 0 saturated heterocycles. The summed E-state index contributed by atoms with van der Waals surface area (Å²) in [5, 5.41) is 6.17. The lowest BCUT2D eigenvalue weighted by Crippen LogP contribution is -2.35. The minimum absolute atomic E-state index is 0.000226. The van der Waals surface area contributed by atoms with E-state index in [9.17, 15) is 4.79 Å². The van der Waals surface area contributed by atoms with Crippen LogP contribution < -0.4 is 15.4 Å². The van der Waals surface area contributed by atoms with Gasteiger partial charge in [-0.1, -0.05) is 36.4 Å². The molecule has 2 aromatic carbocycles. The molecular weight excluding hydrogens is 376 g/mol. The molecule has 1 aliphatic carbocycles. The van der Waals surface area contributed by atoms with E-state index < -0.39 is 0 Å². The molecule has 0 saturated carbocycles. The number of aromatic nitrogens is 2. The molecule has 3 aromatic rings. The molecule has 0 unspecified atom stereocenters. The Kier molecular flexibility index (Phi) is 5.12. The van der Waals surface area contributed by atoms with Crippen LogP contribution >= 0.6 is 11.6 Å². The highest BCUT2D eigenvalue weighted by Crippen LogP contribution is 2.27. The Morgan fingerprint density at radius 1 is 1.07 bits per heavy atom. The number of carbonyl (C=O) groups is 1. The summed E-state index contributed by atoms with van der Waals surface area (Å²) in [5.41, 5.74) is 3.48. The Hall–Kier alpha value is -3.12. The maximum Gasteiger partial charge on any atom is 0.270 e. The molecule has 4 rings (SSSR count). The summed E-state index contributed by atoms with van der Waals surface area (Å²) in [5.74, 6) is 0.807. The zero-order chi connectivity index (χ0) is 19.5. The highest BCUT2D eigenvalue weighted by molar-refractivity contribution is 6.28. The van der Waals surface area contributed by atoms with Crippen molar-refractivity contribution in [1.82, 2.24) is 15.3 Å². The largest absolute Gasteiger partial charge is 0.495 e. The number of para-hydroxylation sites is 2. The van der Waals surface area contributed by atoms with Gasteiger partial charge in [-0.2, -0.15) is 0 Å². The van der Waals surface area contributed by atoms with Crippen LogP contribution in [0.3, 0.4) is 0 Å². The molecule has 0 aliphatic heterocycles. The van der Waals surface area contributed by atoms with E-state index in [-0.39, 0.29) is 22.9 Å². The van der Waals surface area contributed by atoms with Crippen LogP contribution in [0.5, 0.6) is 5.75 Å². The third-order valence-corrected chi connectivity index (χ3v) is 4.86. The van der Waals surface area contributed by atoms with Gasteiger partial charge in [-0.25, -0.2) is 9.97 Å². The monoisotopic (exact) mass is 394 g/mol. The van der Waals surface area contributed by atoms with Crippen LogP contribution in [-0.2, 0) is 12.8 Å². The Morgan fingerprint density at radius 3 is 2.46 bits per heavy atom. The van der Waals surface area contributed by atoms with Gasteiger partial charge in [-0.3, -0.25) is 4.79 Å². The summed E-state index contributed by atoms with van der Waals surface area (Å²) in [6.45, 7) is 0. The maximum atomic E-state index is 12.7. The number of hydrogen-bond donors (Lipinski definition) is 2. The van der Waals surface area contributed by atoms with Crippen molar-refractivity contribution in [3.63, 3.8) is 0 Å². The molecule has 1 aromatic heterocycles. The fourth-order valence-electron chi connectivity index (χ4n) is 3.40. The van der Waals surface area contributed by atoms with Crippen molar-refractivity contribution in [1.29, 1.82) is 0 Å². The fourth-order valence-corrected chi connectivity index (χ4v) is 3.59. The van der Waals surface area contributed by atoms with Gasteiger partial charge in [0.15, 0.2) is 0 Å². The molecule has 2 N–H and O–H groups in total. The molecule has 142 valence electrons. The summed E-state index contributed by atoms with van der Waals surface area (Å²) < 4.78 is 5.33. The fraction of sp³-hybridized carbons (Fsp3) is 0.190. The number of amides is 1. The Balaban J connectivity index is 1.50. The highest BCUT2D eigenvalue weighted by atomic mass is 35.5. The highest BCUT2D eigenvalue weighted by Gasteiger charge is 2.23. The number of benzene rings is 2. The Bertz CT molecular complexity index is 1000. The molecule has 0 spiro atoms. The minimum Gasteiger partial charge on any atom is -0.495 e. The zero-order valence-corrected chi connectivity index (χ0v) is 16.0. The lowest BCUT2D eigenvalue weighted by molar-refractivity contribution is 0.0933. The van der Waals surface area contributed by atoms with Crippen molar-refractivity contribution in [3.8, 4) is 5.75 Å². The summed E-state index contributed by atoms with van der Waals surface area (Å²) in [6.07, 6.45) is 1.63. The van der Waals surface area contributed by atoms with Crippen LogP contribution in [-0.4, -0.2) is 29.0 Å². The van der Waals surface area contributed by atoms with Crippen molar-refractivity contribution >= 4 is 29.0 Å². The van der Waals surface area contributed by atoms with Gasteiger partial charge in [0.05, 0.1) is 12.8 Å². The van der Waals surface area contributed by atoms with Crippen molar-refractivity contribution in [3.05, 3.63) is 76.7 Å². The van der Waals surface area contributed by atoms with Gasteiger partial charge >= 0.3 is 0 Å².